The van der Waals surface area contributed by atoms with Gasteiger partial charge in [-0.05, 0) is 18.2 Å². The summed E-state index contributed by atoms with van der Waals surface area (Å²) in [5.41, 5.74) is 0. The zero-order chi connectivity index (χ0) is 16.8. The number of nitrogens with zero attached hydrogens (tertiary/aromatic N) is 1. The zero-order valence-electron chi connectivity index (χ0n) is 12.7. The highest BCUT2D eigenvalue weighted by atomic mass is 35.5. The molecule has 1 fully saturated rings. The molecule has 1 aliphatic rings. The summed E-state index contributed by atoms with van der Waals surface area (Å²) in [6, 6.07) is 4.45. The van der Waals surface area contributed by atoms with Gasteiger partial charge in [-0.2, -0.15) is 0 Å². The van der Waals surface area contributed by atoms with Gasteiger partial charge in [0.1, 0.15) is 12.4 Å². The summed E-state index contributed by atoms with van der Waals surface area (Å²) in [6.45, 7) is 2.02. The van der Waals surface area contributed by atoms with Crippen LogP contribution in [0, 0.1) is 0 Å². The number of rotatable bonds is 6. The van der Waals surface area contributed by atoms with Crippen LogP contribution in [0.1, 0.15) is 6.42 Å². The average molecular weight is 361 g/mol. The van der Waals surface area contributed by atoms with Gasteiger partial charge in [0.05, 0.1) is 24.6 Å². The van der Waals surface area contributed by atoms with Gasteiger partial charge in [0.15, 0.2) is 0 Å². The molecule has 0 aliphatic carbocycles. The summed E-state index contributed by atoms with van der Waals surface area (Å²) in [5.74, 6) is -0.0630. The fourth-order valence-corrected chi connectivity index (χ4v) is 2.82. The maximum absolute atomic E-state index is 11.9. The molecule has 0 spiro atoms. The van der Waals surface area contributed by atoms with E-state index in [1.165, 1.54) is 7.11 Å². The van der Waals surface area contributed by atoms with Crippen molar-refractivity contribution in [1.82, 2.24) is 10.2 Å². The molecule has 0 aromatic heterocycles. The number of hydrogen-bond donors (Lipinski definition) is 1. The Hall–Kier alpha value is -1.50. The minimum Gasteiger partial charge on any atom is -0.491 e. The van der Waals surface area contributed by atoms with Crippen molar-refractivity contribution in [2.45, 2.75) is 12.5 Å². The Morgan fingerprint density at radius 2 is 2.22 bits per heavy atom. The van der Waals surface area contributed by atoms with Gasteiger partial charge in [0.25, 0.3) is 0 Å². The maximum Gasteiger partial charge on any atom is 0.307 e. The fraction of sp³-hybridized carbons (Fsp3) is 0.467. The zero-order valence-corrected chi connectivity index (χ0v) is 14.2. The summed E-state index contributed by atoms with van der Waals surface area (Å²) in [5, 5.41) is 3.72. The Bertz CT molecular complexity index is 583. The van der Waals surface area contributed by atoms with Gasteiger partial charge in [0, 0.05) is 24.7 Å². The third-order valence-electron chi connectivity index (χ3n) is 3.56. The van der Waals surface area contributed by atoms with E-state index in [0.29, 0.717) is 42.0 Å². The highest BCUT2D eigenvalue weighted by Crippen LogP contribution is 2.27. The van der Waals surface area contributed by atoms with Crippen molar-refractivity contribution < 1.29 is 19.1 Å². The van der Waals surface area contributed by atoms with Crippen LogP contribution in [-0.2, 0) is 14.3 Å². The molecule has 2 rings (SSSR count). The van der Waals surface area contributed by atoms with E-state index in [9.17, 15) is 9.59 Å². The Morgan fingerprint density at radius 1 is 1.43 bits per heavy atom. The molecule has 0 saturated carbocycles. The number of benzene rings is 1. The predicted octanol–water partition coefficient (Wildman–Crippen LogP) is 1.74. The number of halogens is 2. The number of amides is 1. The second-order valence-electron chi connectivity index (χ2n) is 5.05. The molecule has 0 bridgehead atoms. The molecule has 1 unspecified atom stereocenters. The Labute approximate surface area is 144 Å². The minimum absolute atomic E-state index is 0.0179. The van der Waals surface area contributed by atoms with Crippen LogP contribution in [0.15, 0.2) is 18.2 Å². The summed E-state index contributed by atoms with van der Waals surface area (Å²) in [4.78, 5) is 25.3. The monoisotopic (exact) mass is 360 g/mol. The van der Waals surface area contributed by atoms with E-state index in [-0.39, 0.29) is 12.3 Å². The molecular weight excluding hydrogens is 343 g/mol. The van der Waals surface area contributed by atoms with E-state index in [0.717, 1.165) is 0 Å². The van der Waals surface area contributed by atoms with Crippen LogP contribution in [0.2, 0.25) is 10.0 Å². The fourth-order valence-electron chi connectivity index (χ4n) is 2.36. The lowest BCUT2D eigenvalue weighted by Gasteiger charge is -2.34. The number of hydrogen-bond acceptors (Lipinski definition) is 5. The minimum atomic E-state index is -0.541. The van der Waals surface area contributed by atoms with Crippen LogP contribution in [0.25, 0.3) is 0 Å². The highest BCUT2D eigenvalue weighted by Gasteiger charge is 2.31. The summed E-state index contributed by atoms with van der Waals surface area (Å²) in [7, 11) is 1.30. The van der Waals surface area contributed by atoms with Gasteiger partial charge < -0.3 is 14.8 Å². The number of nitrogens with one attached hydrogen (secondary N) is 1. The van der Waals surface area contributed by atoms with Crippen molar-refractivity contribution in [3.63, 3.8) is 0 Å². The molecular formula is C15H18Cl2N2O4. The first kappa shape index (κ1) is 17.8. The molecule has 1 N–H and O–H groups in total. The van der Waals surface area contributed by atoms with Crippen LogP contribution < -0.4 is 10.1 Å². The molecule has 23 heavy (non-hydrogen) atoms. The van der Waals surface area contributed by atoms with Gasteiger partial charge in [-0.3, -0.25) is 14.5 Å². The topological polar surface area (TPSA) is 67.9 Å². The molecule has 1 atom stereocenters. The molecule has 126 valence electrons. The van der Waals surface area contributed by atoms with E-state index in [4.69, 9.17) is 27.9 Å². The molecule has 1 saturated heterocycles. The van der Waals surface area contributed by atoms with Crippen LogP contribution in [0.5, 0.6) is 5.75 Å². The lowest BCUT2D eigenvalue weighted by atomic mass is 10.1. The second-order valence-corrected chi connectivity index (χ2v) is 5.89. The van der Waals surface area contributed by atoms with Crippen molar-refractivity contribution in [2.24, 2.45) is 0 Å². The molecule has 1 heterocycles. The normalized spacial score (nSPS) is 18.4. The molecule has 1 amide bonds. The van der Waals surface area contributed by atoms with Crippen LogP contribution in [0.4, 0.5) is 0 Å². The smallest absolute Gasteiger partial charge is 0.307 e. The number of piperazine rings is 1. The third kappa shape index (κ3) is 4.99. The van der Waals surface area contributed by atoms with Gasteiger partial charge in [0.2, 0.25) is 5.91 Å². The molecule has 8 heteroatoms. The Kier molecular flexibility index (Phi) is 6.50. The lowest BCUT2D eigenvalue weighted by Crippen LogP contribution is -2.56. The first-order chi connectivity index (χ1) is 11.0. The number of esters is 1. The van der Waals surface area contributed by atoms with E-state index in [2.05, 4.69) is 10.1 Å². The third-order valence-corrected chi connectivity index (χ3v) is 4.09. The van der Waals surface area contributed by atoms with Gasteiger partial charge in [-0.1, -0.05) is 23.2 Å². The first-order valence-electron chi connectivity index (χ1n) is 7.17. The SMILES string of the molecule is COC(=O)CC1C(=O)NCCN1CCOc1ccc(Cl)cc1Cl. The standard InChI is InChI=1S/C15H18Cl2N2O4/c1-22-14(20)9-12-15(21)18-4-5-19(12)6-7-23-13-3-2-10(16)8-11(13)17/h2-3,8,12H,4-7,9H2,1H3,(H,18,21). The lowest BCUT2D eigenvalue weighted by molar-refractivity contribution is -0.146. The van der Waals surface area contributed by atoms with E-state index in [1.54, 1.807) is 18.2 Å². The van der Waals surface area contributed by atoms with Crippen molar-refractivity contribution in [3.05, 3.63) is 28.2 Å². The summed E-state index contributed by atoms with van der Waals surface area (Å²) < 4.78 is 10.3. The van der Waals surface area contributed by atoms with E-state index < -0.39 is 12.0 Å². The molecule has 1 aromatic rings. The summed E-state index contributed by atoms with van der Waals surface area (Å²) >= 11 is 11.9. The largest absolute Gasteiger partial charge is 0.491 e. The van der Waals surface area contributed by atoms with Crippen molar-refractivity contribution in [2.75, 3.05) is 33.4 Å². The molecule has 6 nitrogen and oxygen atoms in total. The number of ether oxygens (including phenoxy) is 2. The Morgan fingerprint density at radius 3 is 2.91 bits per heavy atom. The highest BCUT2D eigenvalue weighted by molar-refractivity contribution is 6.35. The van der Waals surface area contributed by atoms with Gasteiger partial charge in [-0.25, -0.2) is 0 Å². The Balaban J connectivity index is 1.91. The van der Waals surface area contributed by atoms with Crippen LogP contribution in [-0.4, -0.2) is 56.2 Å². The van der Waals surface area contributed by atoms with Gasteiger partial charge >= 0.3 is 5.97 Å². The van der Waals surface area contributed by atoms with Crippen LogP contribution >= 0.6 is 23.2 Å². The number of carbonyl (C=O) groups is 2. The van der Waals surface area contributed by atoms with Crippen molar-refractivity contribution in [1.29, 1.82) is 0 Å². The average Bonchev–Trinajstić information content (AvgIpc) is 2.52. The second kappa shape index (κ2) is 8.38. The van der Waals surface area contributed by atoms with Crippen molar-refractivity contribution >= 4 is 35.1 Å². The maximum atomic E-state index is 11.9. The quantitative estimate of drug-likeness (QED) is 0.782. The van der Waals surface area contributed by atoms with Crippen LogP contribution in [0.3, 0.4) is 0 Å². The molecule has 1 aromatic carbocycles. The summed E-state index contributed by atoms with van der Waals surface area (Å²) in [6.07, 6.45) is 0.0179. The predicted molar refractivity (Wildman–Crippen MR) is 87.0 cm³/mol. The molecule has 1 aliphatic heterocycles. The van der Waals surface area contributed by atoms with Crippen molar-refractivity contribution in [3.8, 4) is 5.75 Å². The number of carbonyl (C=O) groups excluding carboxylic acids is 2. The first-order valence-corrected chi connectivity index (χ1v) is 7.93. The number of methoxy groups -OCH3 is 1. The van der Waals surface area contributed by atoms with Gasteiger partial charge in [-0.15, -0.1) is 0 Å². The van der Waals surface area contributed by atoms with E-state index >= 15 is 0 Å². The van der Waals surface area contributed by atoms with E-state index in [1.807, 2.05) is 4.90 Å². The molecule has 0 radical (unpaired) electrons.